The fraction of sp³-hybridized carbons (Fsp3) is 0.385. The molecule has 3 aromatic rings. The predicted molar refractivity (Wildman–Crippen MR) is 138 cm³/mol. The van der Waals surface area contributed by atoms with Gasteiger partial charge in [-0.25, -0.2) is 9.97 Å². The summed E-state index contributed by atoms with van der Waals surface area (Å²) in [6, 6.07) is 13.2. The number of likely N-dealkylation sites (N-methyl/N-ethyl adjacent to an activating group) is 1. The van der Waals surface area contributed by atoms with Gasteiger partial charge in [-0.15, -0.1) is 0 Å². The normalized spacial score (nSPS) is 16.0. The monoisotopic (exact) mass is 500 g/mol. The molecule has 0 atom stereocenters. The number of carbonyl (C=O) groups is 1. The van der Waals surface area contributed by atoms with Crippen LogP contribution in [0.5, 0.6) is 0 Å². The molecule has 1 aliphatic heterocycles. The maximum atomic E-state index is 13.2. The average molecular weight is 501 g/mol. The number of para-hydroxylation sites is 1. The summed E-state index contributed by atoms with van der Waals surface area (Å²) in [5.74, 6) is 1.33. The molecule has 5 rings (SSSR count). The molecule has 1 aromatic carbocycles. The molecule has 9 nitrogen and oxygen atoms in total. The first-order valence-electron chi connectivity index (χ1n) is 12.2. The Labute approximate surface area is 215 Å². The molecule has 1 saturated carbocycles. The quantitative estimate of drug-likeness (QED) is 0.519. The number of anilines is 2. The molecule has 1 amide bonds. The van der Waals surface area contributed by atoms with E-state index in [1.165, 1.54) is 11.8 Å². The van der Waals surface area contributed by atoms with Crippen molar-refractivity contribution in [1.29, 1.82) is 5.26 Å². The van der Waals surface area contributed by atoms with Gasteiger partial charge in [0.15, 0.2) is 5.16 Å². The van der Waals surface area contributed by atoms with Gasteiger partial charge >= 0.3 is 0 Å². The van der Waals surface area contributed by atoms with Crippen LogP contribution >= 0.6 is 11.8 Å². The molecule has 184 valence electrons. The number of aryl methyl sites for hydroxylation is 1. The molecule has 1 N–H and O–H groups in total. The van der Waals surface area contributed by atoms with Crippen LogP contribution in [0.4, 0.5) is 11.6 Å². The third kappa shape index (κ3) is 5.48. The molecular weight excluding hydrogens is 472 g/mol. The fourth-order valence-corrected chi connectivity index (χ4v) is 4.89. The smallest absolute Gasteiger partial charge is 0.257 e. The van der Waals surface area contributed by atoms with Crippen LogP contribution in [-0.4, -0.2) is 64.0 Å². The van der Waals surface area contributed by atoms with Crippen LogP contribution in [0.25, 0.3) is 0 Å². The Morgan fingerprint density at radius 1 is 1.11 bits per heavy atom. The molecular formula is C26H28N8OS. The zero-order valence-corrected chi connectivity index (χ0v) is 21.3. The molecule has 1 aliphatic carbocycles. The lowest BCUT2D eigenvalue weighted by Crippen LogP contribution is -2.45. The van der Waals surface area contributed by atoms with Crippen molar-refractivity contribution >= 4 is 29.3 Å². The molecule has 10 heteroatoms. The number of piperazine rings is 1. The number of rotatable bonds is 7. The summed E-state index contributed by atoms with van der Waals surface area (Å²) in [5, 5.41) is 13.9. The zero-order chi connectivity index (χ0) is 25.1. The van der Waals surface area contributed by atoms with Crippen molar-refractivity contribution in [2.24, 2.45) is 0 Å². The molecule has 2 fully saturated rings. The highest BCUT2D eigenvalue weighted by molar-refractivity contribution is 7.99. The number of nitrogens with one attached hydrogen (secondary N) is 1. The fourth-order valence-electron chi connectivity index (χ4n) is 4.03. The predicted octanol–water partition coefficient (Wildman–Crippen LogP) is 3.73. The van der Waals surface area contributed by atoms with E-state index in [-0.39, 0.29) is 11.5 Å². The summed E-state index contributed by atoms with van der Waals surface area (Å²) in [4.78, 5) is 36.5. The van der Waals surface area contributed by atoms with Gasteiger partial charge in [0, 0.05) is 49.9 Å². The molecule has 2 aliphatic rings. The van der Waals surface area contributed by atoms with Crippen molar-refractivity contribution in [3.63, 3.8) is 0 Å². The SMILES string of the molecule is CCc1nc(Sc2nc(C3CC3)cc(C(=O)Nc3ccccc3)c2C#N)nc(N2CCN(C)CC2)n1. The van der Waals surface area contributed by atoms with Gasteiger partial charge in [0.1, 0.15) is 16.9 Å². The number of pyridine rings is 1. The van der Waals surface area contributed by atoms with Crippen LogP contribution < -0.4 is 10.2 Å². The first-order chi connectivity index (χ1) is 17.5. The summed E-state index contributed by atoms with van der Waals surface area (Å²) in [5.41, 5.74) is 2.06. The second-order valence-corrected chi connectivity index (χ2v) is 10.0. The summed E-state index contributed by atoms with van der Waals surface area (Å²) in [6.07, 6.45) is 2.73. The largest absolute Gasteiger partial charge is 0.338 e. The Morgan fingerprint density at radius 2 is 1.86 bits per heavy atom. The van der Waals surface area contributed by atoms with E-state index in [0.717, 1.165) is 44.7 Å². The number of amides is 1. The molecule has 0 bridgehead atoms. The number of hydrogen-bond acceptors (Lipinski definition) is 9. The van der Waals surface area contributed by atoms with Gasteiger partial charge in [-0.05, 0) is 49.9 Å². The summed E-state index contributed by atoms with van der Waals surface area (Å²) >= 11 is 1.23. The molecule has 36 heavy (non-hydrogen) atoms. The highest BCUT2D eigenvalue weighted by atomic mass is 32.2. The lowest BCUT2D eigenvalue weighted by molar-refractivity contribution is 0.102. The Hall–Kier alpha value is -3.55. The van der Waals surface area contributed by atoms with E-state index in [2.05, 4.69) is 38.2 Å². The van der Waals surface area contributed by atoms with Crippen LogP contribution in [0.15, 0.2) is 46.6 Å². The van der Waals surface area contributed by atoms with Crippen molar-refractivity contribution in [3.05, 3.63) is 59.0 Å². The lowest BCUT2D eigenvalue weighted by atomic mass is 10.1. The third-order valence-corrected chi connectivity index (χ3v) is 7.18. The second kappa shape index (κ2) is 10.6. The van der Waals surface area contributed by atoms with E-state index in [1.54, 1.807) is 6.07 Å². The minimum atomic E-state index is -0.327. The topological polar surface area (TPSA) is 111 Å². The summed E-state index contributed by atoms with van der Waals surface area (Å²) in [6.45, 7) is 5.58. The highest BCUT2D eigenvalue weighted by Crippen LogP contribution is 2.41. The van der Waals surface area contributed by atoms with Crippen molar-refractivity contribution in [3.8, 4) is 6.07 Å². The van der Waals surface area contributed by atoms with Gasteiger partial charge in [-0.2, -0.15) is 15.2 Å². The Bertz CT molecular complexity index is 1300. The number of hydrogen-bond donors (Lipinski definition) is 1. The van der Waals surface area contributed by atoms with Gasteiger partial charge in [0.2, 0.25) is 5.95 Å². The summed E-state index contributed by atoms with van der Waals surface area (Å²) < 4.78 is 0. The standard InChI is InChI=1S/C26H28N8OS/c1-3-22-30-25(34-13-11-33(2)12-14-34)32-26(31-22)36-24-20(16-27)19(15-21(29-24)17-9-10-17)23(35)28-18-7-5-4-6-8-18/h4-8,15,17H,3,9-14H2,1-2H3,(H,28,35). The maximum Gasteiger partial charge on any atom is 0.257 e. The molecule has 2 aromatic heterocycles. The molecule has 0 spiro atoms. The highest BCUT2D eigenvalue weighted by Gasteiger charge is 2.29. The van der Waals surface area contributed by atoms with Gasteiger partial charge in [-0.1, -0.05) is 25.1 Å². The van der Waals surface area contributed by atoms with Crippen molar-refractivity contribution in [2.45, 2.75) is 42.3 Å². The molecule has 0 unspecified atom stereocenters. The number of aromatic nitrogens is 4. The van der Waals surface area contributed by atoms with Crippen molar-refractivity contribution in [1.82, 2.24) is 24.8 Å². The van der Waals surface area contributed by atoms with Crippen LogP contribution in [0.1, 0.15) is 53.1 Å². The Balaban J connectivity index is 1.49. The van der Waals surface area contributed by atoms with Crippen molar-refractivity contribution in [2.75, 3.05) is 43.4 Å². The second-order valence-electron chi connectivity index (χ2n) is 9.06. The van der Waals surface area contributed by atoms with E-state index in [0.29, 0.717) is 45.5 Å². The van der Waals surface area contributed by atoms with Gasteiger partial charge in [0.25, 0.3) is 5.91 Å². The summed E-state index contributed by atoms with van der Waals surface area (Å²) in [7, 11) is 2.11. The minimum absolute atomic E-state index is 0.234. The first kappa shape index (κ1) is 24.2. The van der Waals surface area contributed by atoms with Crippen molar-refractivity contribution < 1.29 is 4.79 Å². The Kier molecular flexibility index (Phi) is 7.11. The van der Waals surface area contributed by atoms with Crippen LogP contribution in [0.3, 0.4) is 0 Å². The maximum absolute atomic E-state index is 13.2. The third-order valence-electron chi connectivity index (χ3n) is 6.33. The van der Waals surface area contributed by atoms with E-state index < -0.39 is 0 Å². The number of carbonyl (C=O) groups excluding carboxylic acids is 1. The van der Waals surface area contributed by atoms with Crippen LogP contribution in [0, 0.1) is 11.3 Å². The van der Waals surface area contributed by atoms with Crippen LogP contribution in [-0.2, 0) is 6.42 Å². The van der Waals surface area contributed by atoms with Gasteiger partial charge in [0.05, 0.1) is 11.1 Å². The van der Waals surface area contributed by atoms with E-state index in [9.17, 15) is 10.1 Å². The first-order valence-corrected chi connectivity index (χ1v) is 13.0. The molecule has 3 heterocycles. The molecule has 0 radical (unpaired) electrons. The minimum Gasteiger partial charge on any atom is -0.338 e. The lowest BCUT2D eigenvalue weighted by Gasteiger charge is -2.32. The zero-order valence-electron chi connectivity index (χ0n) is 20.4. The average Bonchev–Trinajstić information content (AvgIpc) is 3.75. The van der Waals surface area contributed by atoms with E-state index in [4.69, 9.17) is 9.97 Å². The van der Waals surface area contributed by atoms with Crippen LogP contribution in [0.2, 0.25) is 0 Å². The molecule has 1 saturated heterocycles. The van der Waals surface area contributed by atoms with E-state index >= 15 is 0 Å². The van der Waals surface area contributed by atoms with E-state index in [1.807, 2.05) is 37.3 Å². The number of benzene rings is 1. The van der Waals surface area contributed by atoms with Gasteiger partial charge < -0.3 is 15.1 Å². The van der Waals surface area contributed by atoms with Gasteiger partial charge in [-0.3, -0.25) is 4.79 Å². The number of nitriles is 1. The Morgan fingerprint density at radius 3 is 2.53 bits per heavy atom. The number of nitrogens with zero attached hydrogens (tertiary/aromatic N) is 7.